The molecule has 0 fully saturated rings. The Morgan fingerprint density at radius 1 is 1.00 bits per heavy atom. The number of sulfone groups is 1. The molecule has 1 heterocycles. The summed E-state index contributed by atoms with van der Waals surface area (Å²) in [5, 5.41) is 0. The van der Waals surface area contributed by atoms with Crippen LogP contribution in [-0.2, 0) is 22.4 Å². The largest absolute Gasteiger partial charge is 0.449 e. The molecule has 27 heavy (non-hydrogen) atoms. The number of aromatic amines is 1. The summed E-state index contributed by atoms with van der Waals surface area (Å²) >= 11 is 0. The van der Waals surface area contributed by atoms with Crippen molar-refractivity contribution in [2.24, 2.45) is 0 Å². The highest BCUT2D eigenvalue weighted by Crippen LogP contribution is 2.32. The zero-order valence-electron chi connectivity index (χ0n) is 14.0. The first kappa shape index (κ1) is 19.1. The molecule has 4 nitrogen and oxygen atoms in total. The second-order valence-electron chi connectivity index (χ2n) is 6.00. The van der Waals surface area contributed by atoms with Gasteiger partial charge in [0.1, 0.15) is 5.82 Å². The third kappa shape index (κ3) is 4.36. The van der Waals surface area contributed by atoms with Crippen molar-refractivity contribution >= 4 is 9.84 Å². The molecule has 0 saturated carbocycles. The lowest BCUT2D eigenvalue weighted by Crippen LogP contribution is -2.07. The molecule has 0 aliphatic carbocycles. The van der Waals surface area contributed by atoms with Crippen molar-refractivity contribution in [3.05, 3.63) is 71.4 Å². The van der Waals surface area contributed by atoms with Crippen molar-refractivity contribution in [2.75, 3.05) is 6.26 Å². The molecule has 0 unspecified atom stereocenters. The van der Waals surface area contributed by atoms with Crippen LogP contribution in [0.1, 0.15) is 17.1 Å². The summed E-state index contributed by atoms with van der Waals surface area (Å²) in [6.07, 6.45) is -3.57. The number of hydrogen-bond donors (Lipinski definition) is 1. The van der Waals surface area contributed by atoms with Crippen LogP contribution in [0.15, 0.2) is 53.4 Å². The van der Waals surface area contributed by atoms with Crippen LogP contribution in [0.5, 0.6) is 0 Å². The van der Waals surface area contributed by atoms with E-state index >= 15 is 0 Å². The Balaban J connectivity index is 2.05. The third-order valence-electron chi connectivity index (χ3n) is 3.90. The van der Waals surface area contributed by atoms with Gasteiger partial charge in [0.05, 0.1) is 16.3 Å². The van der Waals surface area contributed by atoms with Gasteiger partial charge in [0.2, 0.25) is 5.82 Å². The first-order chi connectivity index (χ1) is 12.5. The molecule has 142 valence electrons. The molecule has 0 atom stereocenters. The molecule has 0 amide bonds. The van der Waals surface area contributed by atoms with E-state index in [1.807, 2.05) is 0 Å². The fourth-order valence-corrected chi connectivity index (χ4v) is 3.21. The lowest BCUT2D eigenvalue weighted by Gasteiger charge is -2.05. The smallest absolute Gasteiger partial charge is 0.334 e. The highest BCUT2D eigenvalue weighted by Gasteiger charge is 2.36. The quantitative estimate of drug-likeness (QED) is 0.669. The zero-order chi connectivity index (χ0) is 19.8. The monoisotopic (exact) mass is 398 g/mol. The van der Waals surface area contributed by atoms with E-state index in [0.717, 1.165) is 6.26 Å². The molecule has 1 N–H and O–H groups in total. The molecule has 2 aromatic carbocycles. The predicted octanol–water partition coefficient (Wildman–Crippen LogP) is 4.23. The molecule has 9 heteroatoms. The lowest BCUT2D eigenvalue weighted by atomic mass is 10.0. The minimum Gasteiger partial charge on any atom is -0.334 e. The molecular formula is C18H14F4N2O2S. The van der Waals surface area contributed by atoms with Gasteiger partial charge < -0.3 is 4.98 Å². The van der Waals surface area contributed by atoms with Crippen molar-refractivity contribution in [2.45, 2.75) is 17.5 Å². The van der Waals surface area contributed by atoms with Crippen LogP contribution < -0.4 is 0 Å². The number of aromatic nitrogens is 2. The highest BCUT2D eigenvalue weighted by molar-refractivity contribution is 7.90. The molecule has 0 aliphatic rings. The van der Waals surface area contributed by atoms with E-state index in [2.05, 4.69) is 9.97 Å². The third-order valence-corrected chi connectivity index (χ3v) is 5.03. The number of nitrogens with one attached hydrogen (secondary N) is 1. The fraction of sp³-hybridized carbons (Fsp3) is 0.167. The van der Waals surface area contributed by atoms with Crippen molar-refractivity contribution in [1.82, 2.24) is 9.97 Å². The number of nitrogens with zero attached hydrogens (tertiary/aromatic N) is 1. The van der Waals surface area contributed by atoms with Crippen LogP contribution >= 0.6 is 0 Å². The van der Waals surface area contributed by atoms with E-state index in [9.17, 15) is 26.0 Å². The van der Waals surface area contributed by atoms with Gasteiger partial charge in [0.15, 0.2) is 9.84 Å². The number of H-pyrrole nitrogens is 1. The molecule has 0 radical (unpaired) electrons. The Labute approximate surface area is 152 Å². The summed E-state index contributed by atoms with van der Waals surface area (Å²) in [5.74, 6) is -1.60. The standard InChI is InChI=1S/C18H14F4N2O2S/c1-27(25,26)14-8-4-12(5-9-14)16-15(23-17(24-16)18(20,21)22)10-11-2-6-13(19)7-3-11/h2-9H,10H2,1H3,(H,23,24). The normalized spacial score (nSPS) is 12.3. The average molecular weight is 398 g/mol. The Morgan fingerprint density at radius 2 is 1.59 bits per heavy atom. The summed E-state index contributed by atoms with van der Waals surface area (Å²) < 4.78 is 75.4. The van der Waals surface area contributed by atoms with Crippen LogP contribution in [0, 0.1) is 5.82 Å². The van der Waals surface area contributed by atoms with Gasteiger partial charge >= 0.3 is 6.18 Å². The van der Waals surface area contributed by atoms with Crippen LogP contribution in [0.25, 0.3) is 11.3 Å². The predicted molar refractivity (Wildman–Crippen MR) is 91.3 cm³/mol. The van der Waals surface area contributed by atoms with Gasteiger partial charge in [0, 0.05) is 12.7 Å². The van der Waals surface area contributed by atoms with E-state index in [1.165, 1.54) is 48.5 Å². The van der Waals surface area contributed by atoms with Gasteiger partial charge in [-0.05, 0) is 35.4 Å². The van der Waals surface area contributed by atoms with Crippen LogP contribution in [-0.4, -0.2) is 24.6 Å². The molecule has 0 bridgehead atoms. The summed E-state index contributed by atoms with van der Waals surface area (Å²) in [5.41, 5.74) is 1.21. The number of alkyl halides is 3. The lowest BCUT2D eigenvalue weighted by molar-refractivity contribution is -0.144. The van der Waals surface area contributed by atoms with E-state index in [-0.39, 0.29) is 22.7 Å². The van der Waals surface area contributed by atoms with Crippen molar-refractivity contribution in [3.63, 3.8) is 0 Å². The van der Waals surface area contributed by atoms with E-state index in [1.54, 1.807) is 0 Å². The Kier molecular flexibility index (Phi) is 4.81. The topological polar surface area (TPSA) is 62.8 Å². The van der Waals surface area contributed by atoms with Gasteiger partial charge in [-0.2, -0.15) is 13.2 Å². The maximum atomic E-state index is 13.1. The van der Waals surface area contributed by atoms with Gasteiger partial charge in [-0.3, -0.25) is 0 Å². The van der Waals surface area contributed by atoms with E-state index in [0.29, 0.717) is 11.1 Å². The first-order valence-electron chi connectivity index (χ1n) is 7.75. The minimum absolute atomic E-state index is 0.0516. The van der Waals surface area contributed by atoms with Gasteiger partial charge in [0.25, 0.3) is 0 Å². The summed E-state index contributed by atoms with van der Waals surface area (Å²) in [4.78, 5) is 5.98. The zero-order valence-corrected chi connectivity index (χ0v) is 14.8. The van der Waals surface area contributed by atoms with Crippen LogP contribution in [0.4, 0.5) is 17.6 Å². The maximum absolute atomic E-state index is 13.1. The average Bonchev–Trinajstić information content (AvgIpc) is 3.00. The Bertz CT molecular complexity index is 1050. The van der Waals surface area contributed by atoms with Crippen LogP contribution in [0.2, 0.25) is 0 Å². The number of hydrogen-bond acceptors (Lipinski definition) is 3. The second kappa shape index (κ2) is 6.80. The number of imidazole rings is 1. The van der Waals surface area contributed by atoms with Crippen molar-refractivity contribution < 1.29 is 26.0 Å². The summed E-state index contributed by atoms with van der Waals surface area (Å²) in [7, 11) is -3.42. The fourth-order valence-electron chi connectivity index (χ4n) is 2.57. The maximum Gasteiger partial charge on any atom is 0.449 e. The van der Waals surface area contributed by atoms with Crippen molar-refractivity contribution in [1.29, 1.82) is 0 Å². The van der Waals surface area contributed by atoms with E-state index in [4.69, 9.17) is 0 Å². The molecule has 0 aliphatic heterocycles. The van der Waals surface area contributed by atoms with Gasteiger partial charge in [-0.15, -0.1) is 0 Å². The number of halogens is 4. The van der Waals surface area contributed by atoms with Gasteiger partial charge in [-0.1, -0.05) is 24.3 Å². The van der Waals surface area contributed by atoms with Crippen LogP contribution in [0.3, 0.4) is 0 Å². The SMILES string of the molecule is CS(=O)(=O)c1ccc(-c2[nH]c(C(F)(F)F)nc2Cc2ccc(F)cc2)cc1. The Morgan fingerprint density at radius 3 is 2.11 bits per heavy atom. The molecule has 1 aromatic heterocycles. The second-order valence-corrected chi connectivity index (χ2v) is 8.02. The summed E-state index contributed by atoms with van der Waals surface area (Å²) in [6, 6.07) is 10.8. The van der Waals surface area contributed by atoms with Gasteiger partial charge in [-0.25, -0.2) is 17.8 Å². The molecule has 3 rings (SSSR count). The number of benzene rings is 2. The van der Waals surface area contributed by atoms with E-state index < -0.39 is 27.7 Å². The summed E-state index contributed by atoms with van der Waals surface area (Å²) in [6.45, 7) is 0. The van der Waals surface area contributed by atoms with Crippen molar-refractivity contribution in [3.8, 4) is 11.3 Å². The molecule has 0 saturated heterocycles. The molecule has 3 aromatic rings. The minimum atomic E-state index is -4.66. The Hall–Kier alpha value is -2.68. The first-order valence-corrected chi connectivity index (χ1v) is 9.64. The molecular weight excluding hydrogens is 384 g/mol. The number of rotatable bonds is 4. The molecule has 0 spiro atoms. The highest BCUT2D eigenvalue weighted by atomic mass is 32.2.